The summed E-state index contributed by atoms with van der Waals surface area (Å²) in [7, 11) is 0. The Kier molecular flexibility index (Phi) is 6.91. The van der Waals surface area contributed by atoms with Crippen LogP contribution in [0.4, 0.5) is 0 Å². The molecule has 1 amide bonds. The lowest BCUT2D eigenvalue weighted by atomic mass is 10.2. The molecule has 23 heavy (non-hydrogen) atoms. The van der Waals surface area contributed by atoms with Crippen molar-refractivity contribution in [2.45, 2.75) is 13.0 Å². The summed E-state index contributed by atoms with van der Waals surface area (Å²) in [5.41, 5.74) is 6.65. The molecule has 0 fully saturated rings. The number of hydrogen-bond donors (Lipinski definition) is 1. The van der Waals surface area contributed by atoms with Crippen molar-refractivity contribution in [2.24, 2.45) is 5.73 Å². The molecule has 122 valence electrons. The van der Waals surface area contributed by atoms with Crippen LogP contribution in [0.3, 0.4) is 0 Å². The van der Waals surface area contributed by atoms with Gasteiger partial charge in [-0.3, -0.25) is 4.79 Å². The normalized spacial score (nSPS) is 10.3. The molecule has 0 heterocycles. The molecule has 0 unspecified atom stereocenters. The van der Waals surface area contributed by atoms with Gasteiger partial charge in [-0.1, -0.05) is 54.1 Å². The van der Waals surface area contributed by atoms with Crippen molar-refractivity contribution in [3.8, 4) is 5.75 Å². The van der Waals surface area contributed by atoms with E-state index in [1.165, 1.54) is 0 Å². The molecule has 0 saturated carbocycles. The van der Waals surface area contributed by atoms with E-state index in [0.717, 1.165) is 12.0 Å². The number of nitrogens with two attached hydrogens (primary N) is 1. The van der Waals surface area contributed by atoms with E-state index in [4.69, 9.17) is 22.1 Å². The lowest BCUT2D eigenvalue weighted by Crippen LogP contribution is -2.36. The van der Waals surface area contributed by atoms with E-state index in [9.17, 15) is 4.79 Å². The van der Waals surface area contributed by atoms with Gasteiger partial charge in [0.1, 0.15) is 5.75 Å². The molecule has 0 atom stereocenters. The monoisotopic (exact) mass is 332 g/mol. The molecule has 2 aromatic rings. The predicted octanol–water partition coefficient (Wildman–Crippen LogP) is 3.10. The lowest BCUT2D eigenvalue weighted by molar-refractivity contribution is -0.134. The average molecular weight is 333 g/mol. The molecule has 2 rings (SSSR count). The number of carbonyl (C=O) groups excluding carboxylic acids is 1. The average Bonchev–Trinajstić information content (AvgIpc) is 2.58. The van der Waals surface area contributed by atoms with Crippen molar-refractivity contribution in [1.82, 2.24) is 4.90 Å². The number of rotatable bonds is 8. The molecule has 4 nitrogen and oxygen atoms in total. The van der Waals surface area contributed by atoms with Crippen LogP contribution in [0.25, 0.3) is 0 Å². The maximum atomic E-state index is 12.5. The minimum Gasteiger partial charge on any atom is -0.482 e. The smallest absolute Gasteiger partial charge is 0.260 e. The maximum absolute atomic E-state index is 12.5. The third kappa shape index (κ3) is 5.58. The highest BCUT2D eigenvalue weighted by Gasteiger charge is 2.15. The Labute approximate surface area is 141 Å². The molecule has 0 aliphatic carbocycles. The van der Waals surface area contributed by atoms with Crippen molar-refractivity contribution in [3.63, 3.8) is 0 Å². The van der Waals surface area contributed by atoms with Crippen molar-refractivity contribution in [2.75, 3.05) is 19.7 Å². The second-order valence-corrected chi connectivity index (χ2v) is 5.57. The fourth-order valence-corrected chi connectivity index (χ4v) is 2.36. The highest BCUT2D eigenvalue weighted by Crippen LogP contribution is 2.23. The van der Waals surface area contributed by atoms with Gasteiger partial charge in [0.15, 0.2) is 6.61 Å². The summed E-state index contributed by atoms with van der Waals surface area (Å²) >= 11 is 6.03. The number of hydrogen-bond acceptors (Lipinski definition) is 3. The van der Waals surface area contributed by atoms with E-state index < -0.39 is 0 Å². The Morgan fingerprint density at radius 2 is 1.78 bits per heavy atom. The summed E-state index contributed by atoms with van der Waals surface area (Å²) < 4.78 is 5.54. The maximum Gasteiger partial charge on any atom is 0.260 e. The third-order valence-electron chi connectivity index (χ3n) is 3.39. The Hall–Kier alpha value is -2.04. The number of amides is 1. The molecule has 0 aromatic heterocycles. The van der Waals surface area contributed by atoms with Gasteiger partial charge in [0.05, 0.1) is 5.02 Å². The second kappa shape index (κ2) is 9.18. The first kappa shape index (κ1) is 17.3. The van der Waals surface area contributed by atoms with Gasteiger partial charge >= 0.3 is 0 Å². The van der Waals surface area contributed by atoms with Gasteiger partial charge in [-0.25, -0.2) is 0 Å². The molecule has 2 N–H and O–H groups in total. The molecular weight excluding hydrogens is 312 g/mol. The summed E-state index contributed by atoms with van der Waals surface area (Å²) in [4.78, 5) is 14.2. The highest BCUT2D eigenvalue weighted by molar-refractivity contribution is 6.32. The zero-order valence-corrected chi connectivity index (χ0v) is 13.7. The van der Waals surface area contributed by atoms with Crippen LogP contribution >= 0.6 is 11.6 Å². The zero-order valence-electron chi connectivity index (χ0n) is 13.0. The van der Waals surface area contributed by atoms with Crippen LogP contribution in [0, 0.1) is 0 Å². The minimum absolute atomic E-state index is 0.0405. The van der Waals surface area contributed by atoms with E-state index in [2.05, 4.69) is 0 Å². The molecule has 0 spiro atoms. The Morgan fingerprint density at radius 1 is 1.09 bits per heavy atom. The van der Waals surface area contributed by atoms with Crippen LogP contribution in [-0.2, 0) is 11.3 Å². The van der Waals surface area contributed by atoms with Gasteiger partial charge in [-0.15, -0.1) is 0 Å². The topological polar surface area (TPSA) is 55.6 Å². The Balaban J connectivity index is 1.97. The Morgan fingerprint density at radius 3 is 2.48 bits per heavy atom. The molecule has 2 aromatic carbocycles. The SMILES string of the molecule is NCCCN(Cc1ccccc1)C(=O)COc1ccccc1Cl. The third-order valence-corrected chi connectivity index (χ3v) is 3.70. The fourth-order valence-electron chi connectivity index (χ4n) is 2.17. The van der Waals surface area contributed by atoms with Crippen molar-refractivity contribution in [3.05, 3.63) is 65.2 Å². The van der Waals surface area contributed by atoms with E-state index in [0.29, 0.717) is 30.4 Å². The molecule has 0 radical (unpaired) electrons. The summed E-state index contributed by atoms with van der Waals surface area (Å²) in [5.74, 6) is 0.434. The summed E-state index contributed by atoms with van der Waals surface area (Å²) in [5, 5.41) is 0.497. The summed E-state index contributed by atoms with van der Waals surface area (Å²) in [6.45, 7) is 1.66. The molecule has 0 bridgehead atoms. The quantitative estimate of drug-likeness (QED) is 0.808. The fraction of sp³-hybridized carbons (Fsp3) is 0.278. The van der Waals surface area contributed by atoms with Crippen LogP contribution in [0.15, 0.2) is 54.6 Å². The van der Waals surface area contributed by atoms with Crippen LogP contribution < -0.4 is 10.5 Å². The largest absolute Gasteiger partial charge is 0.482 e. The number of halogens is 1. The zero-order chi connectivity index (χ0) is 16.5. The van der Waals surface area contributed by atoms with E-state index in [1.54, 1.807) is 17.0 Å². The highest BCUT2D eigenvalue weighted by atomic mass is 35.5. The van der Waals surface area contributed by atoms with Crippen LogP contribution in [0.5, 0.6) is 5.75 Å². The summed E-state index contributed by atoms with van der Waals surface area (Å²) in [6.07, 6.45) is 0.755. The Bertz CT molecular complexity index is 619. The number of carbonyl (C=O) groups is 1. The molecule has 5 heteroatoms. The number of nitrogens with zero attached hydrogens (tertiary/aromatic N) is 1. The van der Waals surface area contributed by atoms with Crippen LogP contribution in [0.2, 0.25) is 5.02 Å². The van der Waals surface area contributed by atoms with Gasteiger partial charge in [0.2, 0.25) is 0 Å². The lowest BCUT2D eigenvalue weighted by Gasteiger charge is -2.23. The predicted molar refractivity (Wildman–Crippen MR) is 92.5 cm³/mol. The van der Waals surface area contributed by atoms with E-state index in [1.807, 2.05) is 42.5 Å². The van der Waals surface area contributed by atoms with Gasteiger partial charge in [0.25, 0.3) is 5.91 Å². The van der Waals surface area contributed by atoms with Gasteiger partial charge in [-0.2, -0.15) is 0 Å². The number of ether oxygens (including phenoxy) is 1. The number of para-hydroxylation sites is 1. The molecular formula is C18H21ClN2O2. The first-order valence-corrected chi connectivity index (χ1v) is 7.97. The molecule has 0 aliphatic rings. The minimum atomic E-state index is -0.0813. The standard InChI is InChI=1S/C18H21ClN2O2/c19-16-9-4-5-10-17(16)23-14-18(22)21(12-6-11-20)13-15-7-2-1-3-8-15/h1-5,7-10H,6,11-14,20H2. The summed E-state index contributed by atoms with van der Waals surface area (Å²) in [6, 6.07) is 17.0. The van der Waals surface area contributed by atoms with Crippen LogP contribution in [-0.4, -0.2) is 30.5 Å². The second-order valence-electron chi connectivity index (χ2n) is 5.16. The molecule has 0 saturated heterocycles. The first-order chi connectivity index (χ1) is 11.2. The van der Waals surface area contributed by atoms with E-state index >= 15 is 0 Å². The van der Waals surface area contributed by atoms with Crippen molar-refractivity contribution < 1.29 is 9.53 Å². The van der Waals surface area contributed by atoms with E-state index in [-0.39, 0.29) is 12.5 Å². The van der Waals surface area contributed by atoms with Crippen molar-refractivity contribution >= 4 is 17.5 Å². The van der Waals surface area contributed by atoms with Crippen molar-refractivity contribution in [1.29, 1.82) is 0 Å². The first-order valence-electron chi connectivity index (χ1n) is 7.60. The number of benzene rings is 2. The van der Waals surface area contributed by atoms with Gasteiger partial charge in [0, 0.05) is 13.1 Å². The van der Waals surface area contributed by atoms with Crippen LogP contribution in [0.1, 0.15) is 12.0 Å². The molecule has 0 aliphatic heterocycles. The van der Waals surface area contributed by atoms with Gasteiger partial charge < -0.3 is 15.4 Å². The van der Waals surface area contributed by atoms with Gasteiger partial charge in [-0.05, 0) is 30.7 Å².